The smallest absolute Gasteiger partial charge is 0.129 e. The van der Waals surface area contributed by atoms with E-state index < -0.39 is 0 Å². The maximum Gasteiger partial charge on any atom is 0.129 e. The lowest BCUT2D eigenvalue weighted by molar-refractivity contribution is 0.260. The van der Waals surface area contributed by atoms with E-state index in [9.17, 15) is 4.39 Å². The van der Waals surface area contributed by atoms with Crippen molar-refractivity contribution in [3.05, 3.63) is 77.6 Å². The number of fused-ring (bicyclic) bond motifs is 1. The fourth-order valence-electron chi connectivity index (χ4n) is 4.14. The first-order valence-corrected chi connectivity index (χ1v) is 12.5. The van der Waals surface area contributed by atoms with Crippen LogP contribution < -0.4 is 10.1 Å². The summed E-state index contributed by atoms with van der Waals surface area (Å²) < 4.78 is 20.2. The van der Waals surface area contributed by atoms with Gasteiger partial charge in [-0.2, -0.15) is 0 Å². The minimum Gasteiger partial charge on any atom is -0.488 e. The molecular weight excluding hydrogens is 482 g/mol. The van der Waals surface area contributed by atoms with E-state index in [0.717, 1.165) is 37.4 Å². The predicted molar refractivity (Wildman–Crippen MR) is 152 cm³/mol. The molecule has 0 saturated heterocycles. The molecule has 0 fully saturated rings. The standard InChI is InChI=1S/C29H39FN2O.2ClH/c1-3-5-19-32(20-6-4-2)21-11-18-31-22-27-26-14-9-7-12-24(26)16-17-29(27)33-23-25-13-8-10-15-28(25)30;;/h7-10,12-17,31H,3-6,11,18-23H2,1-2H3;2*1H. The van der Waals surface area contributed by atoms with Gasteiger partial charge in [0.1, 0.15) is 18.2 Å². The van der Waals surface area contributed by atoms with E-state index in [1.54, 1.807) is 12.1 Å². The van der Waals surface area contributed by atoms with Gasteiger partial charge in [-0.1, -0.05) is 75.2 Å². The molecule has 6 heteroatoms. The SMILES string of the molecule is CCCCN(CCCC)CCCNCc1c(OCc2ccccc2F)ccc2ccccc12.Cl.Cl. The number of nitrogens with zero attached hydrogens (tertiary/aromatic N) is 1. The number of ether oxygens (including phenoxy) is 1. The number of halogens is 3. The maximum atomic E-state index is 14.1. The summed E-state index contributed by atoms with van der Waals surface area (Å²) in [5, 5.41) is 6.01. The van der Waals surface area contributed by atoms with Gasteiger partial charge >= 0.3 is 0 Å². The van der Waals surface area contributed by atoms with Gasteiger partial charge in [0.2, 0.25) is 0 Å². The summed E-state index contributed by atoms with van der Waals surface area (Å²) in [5.74, 6) is 0.589. The highest BCUT2D eigenvalue weighted by molar-refractivity contribution is 5.87. The molecule has 0 radical (unpaired) electrons. The summed E-state index contributed by atoms with van der Waals surface area (Å²) in [4.78, 5) is 2.61. The topological polar surface area (TPSA) is 24.5 Å². The highest BCUT2D eigenvalue weighted by Gasteiger charge is 2.11. The van der Waals surface area contributed by atoms with E-state index in [-0.39, 0.29) is 37.2 Å². The number of benzene rings is 3. The summed E-state index contributed by atoms with van der Waals surface area (Å²) in [6.45, 7) is 9.98. The van der Waals surface area contributed by atoms with E-state index in [0.29, 0.717) is 5.56 Å². The summed E-state index contributed by atoms with van der Waals surface area (Å²) in [6.07, 6.45) is 6.17. The maximum absolute atomic E-state index is 14.1. The number of rotatable bonds is 15. The quantitative estimate of drug-likeness (QED) is 0.206. The van der Waals surface area contributed by atoms with Crippen LogP contribution in [0.4, 0.5) is 4.39 Å². The molecule has 0 aromatic heterocycles. The monoisotopic (exact) mass is 522 g/mol. The third kappa shape index (κ3) is 9.97. The Labute approximate surface area is 223 Å². The first kappa shape index (κ1) is 31.2. The van der Waals surface area contributed by atoms with Crippen molar-refractivity contribution >= 4 is 35.6 Å². The van der Waals surface area contributed by atoms with Crippen LogP contribution in [-0.2, 0) is 13.2 Å². The van der Waals surface area contributed by atoms with Gasteiger partial charge in [-0.15, -0.1) is 24.8 Å². The minimum atomic E-state index is -0.228. The van der Waals surface area contributed by atoms with Crippen molar-refractivity contribution in [1.29, 1.82) is 0 Å². The average molecular weight is 524 g/mol. The van der Waals surface area contributed by atoms with Gasteiger partial charge in [0, 0.05) is 17.7 Å². The lowest BCUT2D eigenvalue weighted by Gasteiger charge is -2.22. The van der Waals surface area contributed by atoms with Crippen molar-refractivity contribution in [3.8, 4) is 5.75 Å². The Kier molecular flexibility index (Phi) is 15.6. The van der Waals surface area contributed by atoms with Crippen LogP contribution in [-0.4, -0.2) is 31.1 Å². The van der Waals surface area contributed by atoms with Crippen molar-refractivity contribution in [2.24, 2.45) is 0 Å². The Hall–Kier alpha value is -1.85. The van der Waals surface area contributed by atoms with Gasteiger partial charge in [0.05, 0.1) is 0 Å². The molecule has 0 aliphatic heterocycles. The van der Waals surface area contributed by atoms with Crippen molar-refractivity contribution < 1.29 is 9.13 Å². The Balaban J connectivity index is 0.00000306. The first-order chi connectivity index (χ1) is 16.2. The van der Waals surface area contributed by atoms with Gasteiger partial charge in [-0.05, 0) is 68.3 Å². The second kappa shape index (κ2) is 17.6. The predicted octanol–water partition coefficient (Wildman–Crippen LogP) is 7.78. The zero-order valence-corrected chi connectivity index (χ0v) is 22.7. The lowest BCUT2D eigenvalue weighted by Crippen LogP contribution is -2.29. The van der Waals surface area contributed by atoms with Gasteiger partial charge < -0.3 is 15.0 Å². The van der Waals surface area contributed by atoms with E-state index in [1.165, 1.54) is 55.6 Å². The van der Waals surface area contributed by atoms with Crippen LogP contribution in [0.25, 0.3) is 10.8 Å². The number of unbranched alkanes of at least 4 members (excludes halogenated alkanes) is 2. The highest BCUT2D eigenvalue weighted by Crippen LogP contribution is 2.29. The fourth-order valence-corrected chi connectivity index (χ4v) is 4.14. The van der Waals surface area contributed by atoms with E-state index in [1.807, 2.05) is 12.1 Å². The van der Waals surface area contributed by atoms with E-state index >= 15 is 0 Å². The van der Waals surface area contributed by atoms with Crippen LogP contribution in [0, 0.1) is 5.82 Å². The molecule has 194 valence electrons. The number of hydrogen-bond donors (Lipinski definition) is 1. The van der Waals surface area contributed by atoms with Crippen molar-refractivity contribution in [1.82, 2.24) is 10.2 Å². The van der Waals surface area contributed by atoms with Crippen molar-refractivity contribution in [3.63, 3.8) is 0 Å². The summed E-state index contributed by atoms with van der Waals surface area (Å²) in [7, 11) is 0. The molecule has 0 unspecified atom stereocenters. The molecule has 1 N–H and O–H groups in total. The largest absolute Gasteiger partial charge is 0.488 e. The molecule has 0 aliphatic rings. The van der Waals surface area contributed by atoms with Gasteiger partial charge in [-0.3, -0.25) is 0 Å². The Morgan fingerprint density at radius 1 is 0.800 bits per heavy atom. The molecule has 0 heterocycles. The molecule has 0 saturated carbocycles. The second-order valence-electron chi connectivity index (χ2n) is 8.72. The molecule has 35 heavy (non-hydrogen) atoms. The normalized spacial score (nSPS) is 10.7. The van der Waals surface area contributed by atoms with Crippen LogP contribution in [0.2, 0.25) is 0 Å². The molecule has 3 nitrogen and oxygen atoms in total. The van der Waals surface area contributed by atoms with Crippen LogP contribution in [0.3, 0.4) is 0 Å². The summed E-state index contributed by atoms with van der Waals surface area (Å²) >= 11 is 0. The van der Waals surface area contributed by atoms with Crippen LogP contribution >= 0.6 is 24.8 Å². The van der Waals surface area contributed by atoms with Crippen molar-refractivity contribution in [2.45, 2.75) is 59.1 Å². The molecule has 0 bridgehead atoms. The van der Waals surface area contributed by atoms with Crippen LogP contribution in [0.1, 0.15) is 57.1 Å². The van der Waals surface area contributed by atoms with Gasteiger partial charge in [0.25, 0.3) is 0 Å². The molecule has 3 rings (SSSR count). The summed E-state index contributed by atoms with van der Waals surface area (Å²) in [6, 6.07) is 19.3. The highest BCUT2D eigenvalue weighted by atomic mass is 35.5. The minimum absolute atomic E-state index is 0. The molecule has 0 atom stereocenters. The summed E-state index contributed by atoms with van der Waals surface area (Å²) in [5.41, 5.74) is 1.71. The average Bonchev–Trinajstić information content (AvgIpc) is 2.85. The van der Waals surface area contributed by atoms with Gasteiger partial charge in [-0.25, -0.2) is 4.39 Å². The number of hydrogen-bond acceptors (Lipinski definition) is 3. The molecule has 0 aliphatic carbocycles. The Morgan fingerprint density at radius 2 is 1.46 bits per heavy atom. The van der Waals surface area contributed by atoms with Crippen molar-refractivity contribution in [2.75, 3.05) is 26.2 Å². The molecule has 0 spiro atoms. The Morgan fingerprint density at radius 3 is 2.17 bits per heavy atom. The molecule has 0 amide bonds. The number of nitrogens with one attached hydrogen (secondary N) is 1. The first-order valence-electron chi connectivity index (χ1n) is 12.5. The molecule has 3 aromatic rings. The van der Waals surface area contributed by atoms with Crippen LogP contribution in [0.15, 0.2) is 60.7 Å². The van der Waals surface area contributed by atoms with E-state index in [4.69, 9.17) is 4.74 Å². The second-order valence-corrected chi connectivity index (χ2v) is 8.72. The lowest BCUT2D eigenvalue weighted by atomic mass is 10.0. The zero-order valence-electron chi connectivity index (χ0n) is 21.1. The fraction of sp³-hybridized carbons (Fsp3) is 0.448. The Bertz CT molecular complexity index is 978. The van der Waals surface area contributed by atoms with Gasteiger partial charge in [0.15, 0.2) is 0 Å². The molecular formula is C29H41Cl2FN2O. The van der Waals surface area contributed by atoms with Crippen LogP contribution in [0.5, 0.6) is 5.75 Å². The van der Waals surface area contributed by atoms with E-state index in [2.05, 4.69) is 54.4 Å². The third-order valence-electron chi connectivity index (χ3n) is 6.12. The zero-order chi connectivity index (χ0) is 23.3. The molecule has 3 aromatic carbocycles. The third-order valence-corrected chi connectivity index (χ3v) is 6.12.